The summed E-state index contributed by atoms with van der Waals surface area (Å²) in [7, 11) is -4.40. The summed E-state index contributed by atoms with van der Waals surface area (Å²) < 4.78 is 67.6. The van der Waals surface area contributed by atoms with E-state index in [9.17, 15) is 26.4 Å². The topological polar surface area (TPSA) is 118 Å². The number of alkyl halides is 3. The predicted molar refractivity (Wildman–Crippen MR) is 133 cm³/mol. The van der Waals surface area contributed by atoms with Crippen molar-refractivity contribution in [3.05, 3.63) is 65.9 Å². The molecule has 8 nitrogen and oxygen atoms in total. The van der Waals surface area contributed by atoms with Crippen LogP contribution in [0, 0.1) is 5.92 Å². The molecule has 0 spiro atoms. The number of hydrogen-bond acceptors (Lipinski definition) is 7. The highest BCUT2D eigenvalue weighted by atomic mass is 32.2. The van der Waals surface area contributed by atoms with Gasteiger partial charge in [0.2, 0.25) is 0 Å². The number of anilines is 2. The smallest absolute Gasteiger partial charge is 0.384 e. The zero-order chi connectivity index (χ0) is 27.2. The summed E-state index contributed by atoms with van der Waals surface area (Å²) in [5.41, 5.74) is 4.65. The third-order valence-corrected chi connectivity index (χ3v) is 7.44. The molecule has 0 aliphatic carbocycles. The van der Waals surface area contributed by atoms with Crippen molar-refractivity contribution < 1.29 is 26.4 Å². The number of aromatic nitrogens is 2. The van der Waals surface area contributed by atoms with Gasteiger partial charge in [-0.2, -0.15) is 21.6 Å². The fourth-order valence-electron chi connectivity index (χ4n) is 4.64. The Morgan fingerprint density at radius 2 is 1.84 bits per heavy atom. The number of nitrogens with two attached hydrogens (primary N) is 1. The predicted octanol–water partition coefficient (Wildman–Crippen LogP) is 4.49. The average Bonchev–Trinajstić information content (AvgIpc) is 3.09. The average molecular weight is 534 g/mol. The lowest BCUT2D eigenvalue weighted by Gasteiger charge is -2.33. The van der Waals surface area contributed by atoms with Gasteiger partial charge in [0.25, 0.3) is 15.9 Å². The minimum atomic E-state index is -4.56. The molecule has 4 rings (SSSR count). The lowest BCUT2D eigenvalue weighted by molar-refractivity contribution is -0.137. The molecule has 37 heavy (non-hydrogen) atoms. The summed E-state index contributed by atoms with van der Waals surface area (Å²) in [4.78, 5) is 23.5. The number of nitrogen functional groups attached to an aromatic ring is 1. The molecule has 3 heterocycles. The molecule has 1 unspecified atom stereocenters. The first-order chi connectivity index (χ1) is 17.2. The Morgan fingerprint density at radius 1 is 1.14 bits per heavy atom. The Kier molecular flexibility index (Phi) is 6.65. The molecule has 1 aliphatic rings. The molecule has 1 amide bonds. The quantitative estimate of drug-likeness (QED) is 0.496. The van der Waals surface area contributed by atoms with Crippen molar-refractivity contribution in [2.75, 3.05) is 17.2 Å². The van der Waals surface area contributed by atoms with Crippen molar-refractivity contribution in [3.8, 4) is 11.1 Å². The Bertz CT molecular complexity index is 1460. The lowest BCUT2D eigenvalue weighted by Crippen LogP contribution is -2.41. The molecule has 0 saturated carbocycles. The van der Waals surface area contributed by atoms with Gasteiger partial charge in [0.05, 0.1) is 11.1 Å². The first-order valence-electron chi connectivity index (χ1n) is 11.4. The fraction of sp³-hybridized carbons (Fsp3) is 0.320. The number of nitrogens with one attached hydrogen (secondary N) is 1. The second-order valence-corrected chi connectivity index (χ2v) is 11.4. The minimum Gasteiger partial charge on any atom is -0.384 e. The second kappa shape index (κ2) is 9.33. The molecule has 12 heteroatoms. The van der Waals surface area contributed by atoms with E-state index < -0.39 is 38.2 Å². The van der Waals surface area contributed by atoms with E-state index in [2.05, 4.69) is 16.9 Å². The fourth-order valence-corrected chi connectivity index (χ4v) is 5.58. The Balaban J connectivity index is 1.81. The second-order valence-electron chi connectivity index (χ2n) is 9.74. The van der Waals surface area contributed by atoms with Crippen molar-refractivity contribution >= 4 is 27.6 Å². The van der Waals surface area contributed by atoms with Gasteiger partial charge in [0, 0.05) is 23.8 Å². The van der Waals surface area contributed by atoms with Gasteiger partial charge < -0.3 is 10.6 Å². The van der Waals surface area contributed by atoms with Crippen LogP contribution in [0.3, 0.4) is 0 Å². The van der Waals surface area contributed by atoms with Gasteiger partial charge in [-0.3, -0.25) is 4.79 Å². The normalized spacial score (nSPS) is 17.6. The third-order valence-electron chi connectivity index (χ3n) is 6.21. The van der Waals surface area contributed by atoms with Crippen molar-refractivity contribution in [3.63, 3.8) is 0 Å². The van der Waals surface area contributed by atoms with E-state index in [1.807, 2.05) is 23.5 Å². The third kappa shape index (κ3) is 5.53. The van der Waals surface area contributed by atoms with Crippen molar-refractivity contribution in [2.45, 2.75) is 43.9 Å². The minimum absolute atomic E-state index is 0.0444. The van der Waals surface area contributed by atoms with Gasteiger partial charge in [-0.25, -0.2) is 14.7 Å². The largest absolute Gasteiger partial charge is 0.416 e. The molecule has 0 bridgehead atoms. The van der Waals surface area contributed by atoms with Crippen LogP contribution in [-0.2, 0) is 16.2 Å². The first-order valence-corrected chi connectivity index (χ1v) is 12.9. The molecule has 196 valence electrons. The van der Waals surface area contributed by atoms with Gasteiger partial charge in [-0.05, 0) is 62.1 Å². The monoisotopic (exact) mass is 533 g/mol. The molecule has 2 aromatic heterocycles. The summed E-state index contributed by atoms with van der Waals surface area (Å²) in [5, 5.41) is -0.445. The maximum Gasteiger partial charge on any atom is 0.416 e. The molecular formula is C25H26F3N5O3S. The van der Waals surface area contributed by atoms with Crippen molar-refractivity contribution in [2.24, 2.45) is 5.92 Å². The maximum atomic E-state index is 13.4. The molecule has 1 atom stereocenters. The molecule has 0 radical (unpaired) electrons. The Hall–Kier alpha value is -3.67. The highest BCUT2D eigenvalue weighted by Gasteiger charge is 2.39. The van der Waals surface area contributed by atoms with E-state index in [-0.39, 0.29) is 34.2 Å². The van der Waals surface area contributed by atoms with E-state index in [1.165, 1.54) is 42.6 Å². The Labute approximate surface area is 212 Å². The standard InChI is InChI=1S/C25H26F3N5O3S/c1-15-12-24(2,3)33(14-15)22-19(23(34)32-37(35,36)21-9-5-8-20(29)31-21)11-17(13-30-22)16-6-4-7-18(10-16)25(26,27)28/h4-11,13,15H,12,14H2,1-3H3,(H2,29,31)(H,32,34). The number of pyridine rings is 2. The van der Waals surface area contributed by atoms with E-state index >= 15 is 0 Å². The van der Waals surface area contributed by atoms with Crippen LogP contribution in [0.5, 0.6) is 0 Å². The number of carbonyl (C=O) groups is 1. The van der Waals surface area contributed by atoms with Crippen molar-refractivity contribution in [1.82, 2.24) is 14.7 Å². The van der Waals surface area contributed by atoms with Crippen LogP contribution >= 0.6 is 0 Å². The number of nitrogens with zero attached hydrogens (tertiary/aromatic N) is 3. The van der Waals surface area contributed by atoms with Crippen LogP contribution in [0.4, 0.5) is 24.8 Å². The van der Waals surface area contributed by atoms with Crippen molar-refractivity contribution in [1.29, 1.82) is 0 Å². The number of benzene rings is 1. The maximum absolute atomic E-state index is 13.4. The van der Waals surface area contributed by atoms with Crippen LogP contribution in [0.25, 0.3) is 11.1 Å². The molecule has 3 aromatic rings. The van der Waals surface area contributed by atoms with Gasteiger partial charge in [0.1, 0.15) is 11.6 Å². The molecule has 1 aromatic carbocycles. The van der Waals surface area contributed by atoms with Crippen LogP contribution in [-0.4, -0.2) is 36.4 Å². The molecule has 1 aliphatic heterocycles. The highest BCUT2D eigenvalue weighted by Crippen LogP contribution is 2.39. The van der Waals surface area contributed by atoms with Crippen LogP contribution < -0.4 is 15.4 Å². The molecule has 1 saturated heterocycles. The van der Waals surface area contributed by atoms with Crippen LogP contribution in [0.2, 0.25) is 0 Å². The van der Waals surface area contributed by atoms with E-state index in [0.717, 1.165) is 18.6 Å². The Morgan fingerprint density at radius 3 is 2.46 bits per heavy atom. The van der Waals surface area contributed by atoms with E-state index in [4.69, 9.17) is 5.73 Å². The highest BCUT2D eigenvalue weighted by molar-refractivity contribution is 7.90. The van der Waals surface area contributed by atoms with Crippen LogP contribution in [0.15, 0.2) is 59.8 Å². The SMILES string of the molecule is CC1CN(c2ncc(-c3cccc(C(F)(F)F)c3)cc2C(=O)NS(=O)(=O)c2cccc(N)n2)C(C)(C)C1. The summed E-state index contributed by atoms with van der Waals surface area (Å²) in [6.07, 6.45) is -2.37. The molecule has 3 N–H and O–H groups in total. The van der Waals surface area contributed by atoms with Gasteiger partial charge in [-0.1, -0.05) is 25.1 Å². The molecular weight excluding hydrogens is 507 g/mol. The first kappa shape index (κ1) is 26.4. The number of halogens is 3. The summed E-state index contributed by atoms with van der Waals surface area (Å²) in [6, 6.07) is 9.94. The van der Waals surface area contributed by atoms with Gasteiger partial charge in [0.15, 0.2) is 5.03 Å². The zero-order valence-electron chi connectivity index (χ0n) is 20.4. The summed E-state index contributed by atoms with van der Waals surface area (Å²) >= 11 is 0. The van der Waals surface area contributed by atoms with Crippen LogP contribution in [0.1, 0.15) is 43.1 Å². The zero-order valence-corrected chi connectivity index (χ0v) is 21.2. The van der Waals surface area contributed by atoms with E-state index in [0.29, 0.717) is 6.54 Å². The summed E-state index contributed by atoms with van der Waals surface area (Å²) in [6.45, 7) is 6.57. The number of carbonyl (C=O) groups excluding carboxylic acids is 1. The molecule has 1 fully saturated rings. The number of amides is 1. The number of hydrogen-bond donors (Lipinski definition) is 2. The van der Waals surface area contributed by atoms with Gasteiger partial charge in [-0.15, -0.1) is 0 Å². The van der Waals surface area contributed by atoms with E-state index in [1.54, 1.807) is 0 Å². The number of sulfonamides is 1. The lowest BCUT2D eigenvalue weighted by atomic mass is 9.97. The summed E-state index contributed by atoms with van der Waals surface area (Å²) in [5.74, 6) is -0.526. The van der Waals surface area contributed by atoms with Gasteiger partial charge >= 0.3 is 6.18 Å². The number of rotatable bonds is 5.